The third-order valence-electron chi connectivity index (χ3n) is 4.26. The van der Waals surface area contributed by atoms with Gasteiger partial charge in [-0.05, 0) is 5.56 Å². The number of nitrogens with one attached hydrogen (secondary N) is 1. The molecule has 27 heavy (non-hydrogen) atoms. The molecule has 0 bridgehead atoms. The zero-order valence-corrected chi connectivity index (χ0v) is 14.5. The van der Waals surface area contributed by atoms with E-state index in [1.807, 2.05) is 71.4 Å². The van der Waals surface area contributed by atoms with E-state index >= 15 is 0 Å². The minimum absolute atomic E-state index is 0.218. The van der Waals surface area contributed by atoms with Gasteiger partial charge in [0.1, 0.15) is 0 Å². The summed E-state index contributed by atoms with van der Waals surface area (Å²) in [6.07, 6.45) is 5.31. The number of hydrogen-bond acceptors (Lipinski definition) is 4. The van der Waals surface area contributed by atoms with Crippen molar-refractivity contribution >= 4 is 5.91 Å². The van der Waals surface area contributed by atoms with Gasteiger partial charge >= 0.3 is 0 Å². The Morgan fingerprint density at radius 2 is 1.81 bits per heavy atom. The maximum Gasteiger partial charge on any atom is 0.274 e. The molecule has 0 aliphatic rings. The van der Waals surface area contributed by atoms with Gasteiger partial charge in [0.05, 0.1) is 12.4 Å². The molecule has 1 N–H and O–H groups in total. The standard InChI is InChI=1S/C21H18N4O2/c26-21(18-13-20(27-24-18)17-9-5-2-6-10-17)23-19(14-25-12-11-22-15-25)16-7-3-1-4-8-16/h1-13,15,19H,14H2,(H,23,26). The van der Waals surface area contributed by atoms with Gasteiger partial charge in [-0.25, -0.2) is 4.98 Å². The molecular formula is C21H18N4O2. The van der Waals surface area contributed by atoms with Gasteiger partial charge in [-0.15, -0.1) is 0 Å². The summed E-state index contributed by atoms with van der Waals surface area (Å²) in [5.74, 6) is 0.279. The summed E-state index contributed by atoms with van der Waals surface area (Å²) in [6, 6.07) is 20.8. The highest BCUT2D eigenvalue weighted by Crippen LogP contribution is 2.21. The molecule has 4 rings (SSSR count). The lowest BCUT2D eigenvalue weighted by Crippen LogP contribution is -2.31. The van der Waals surface area contributed by atoms with Gasteiger partial charge in [0.15, 0.2) is 11.5 Å². The van der Waals surface area contributed by atoms with E-state index in [4.69, 9.17) is 4.52 Å². The number of carbonyl (C=O) groups excluding carboxylic acids is 1. The summed E-state index contributed by atoms with van der Waals surface area (Å²) in [4.78, 5) is 16.8. The number of rotatable bonds is 6. The van der Waals surface area contributed by atoms with Crippen LogP contribution in [0.15, 0.2) is 90.0 Å². The van der Waals surface area contributed by atoms with E-state index < -0.39 is 0 Å². The first-order valence-electron chi connectivity index (χ1n) is 8.63. The van der Waals surface area contributed by atoms with Gasteiger partial charge in [-0.2, -0.15) is 0 Å². The highest BCUT2D eigenvalue weighted by atomic mass is 16.5. The quantitative estimate of drug-likeness (QED) is 0.570. The number of aromatic nitrogens is 3. The molecule has 6 heteroatoms. The lowest BCUT2D eigenvalue weighted by molar-refractivity contribution is 0.0923. The van der Waals surface area contributed by atoms with E-state index in [0.717, 1.165) is 11.1 Å². The van der Waals surface area contributed by atoms with Crippen molar-refractivity contribution < 1.29 is 9.32 Å². The minimum Gasteiger partial charge on any atom is -0.355 e. The molecule has 1 unspecified atom stereocenters. The maximum atomic E-state index is 12.7. The molecule has 0 fully saturated rings. The Balaban J connectivity index is 1.54. The van der Waals surface area contributed by atoms with Crippen molar-refractivity contribution in [1.29, 1.82) is 0 Å². The number of carbonyl (C=O) groups is 1. The molecule has 0 radical (unpaired) electrons. The van der Waals surface area contributed by atoms with Crippen LogP contribution in [0.1, 0.15) is 22.1 Å². The number of nitrogens with zero attached hydrogens (tertiary/aromatic N) is 3. The van der Waals surface area contributed by atoms with Crippen LogP contribution in [-0.4, -0.2) is 20.6 Å². The lowest BCUT2D eigenvalue weighted by Gasteiger charge is -2.19. The summed E-state index contributed by atoms with van der Waals surface area (Å²) in [6.45, 7) is 0.569. The SMILES string of the molecule is O=C(NC(Cn1ccnc1)c1ccccc1)c1cc(-c2ccccc2)on1. The molecule has 0 spiro atoms. The van der Waals surface area contributed by atoms with Crippen LogP contribution in [0.4, 0.5) is 0 Å². The van der Waals surface area contributed by atoms with Gasteiger partial charge in [0, 0.05) is 30.6 Å². The highest BCUT2D eigenvalue weighted by molar-refractivity contribution is 5.93. The molecule has 0 aliphatic heterocycles. The fourth-order valence-electron chi connectivity index (χ4n) is 2.88. The lowest BCUT2D eigenvalue weighted by atomic mass is 10.1. The van der Waals surface area contributed by atoms with Crippen molar-refractivity contribution in [2.75, 3.05) is 0 Å². The second-order valence-electron chi connectivity index (χ2n) is 6.14. The molecule has 2 heterocycles. The highest BCUT2D eigenvalue weighted by Gasteiger charge is 2.19. The van der Waals surface area contributed by atoms with E-state index in [1.165, 1.54) is 0 Å². The minimum atomic E-state index is -0.283. The first kappa shape index (κ1) is 16.8. The zero-order valence-electron chi connectivity index (χ0n) is 14.5. The number of amides is 1. The van der Waals surface area contributed by atoms with Crippen LogP contribution in [0.3, 0.4) is 0 Å². The van der Waals surface area contributed by atoms with Crippen molar-refractivity contribution in [1.82, 2.24) is 20.0 Å². The second-order valence-corrected chi connectivity index (χ2v) is 6.14. The molecule has 6 nitrogen and oxygen atoms in total. The van der Waals surface area contributed by atoms with E-state index in [-0.39, 0.29) is 17.6 Å². The molecule has 2 aromatic carbocycles. The van der Waals surface area contributed by atoms with Crippen molar-refractivity contribution in [3.8, 4) is 11.3 Å². The molecule has 0 saturated heterocycles. The predicted molar refractivity (Wildman–Crippen MR) is 101 cm³/mol. The van der Waals surface area contributed by atoms with E-state index in [1.54, 1.807) is 18.6 Å². The Morgan fingerprint density at radius 3 is 2.52 bits per heavy atom. The van der Waals surface area contributed by atoms with E-state index in [2.05, 4.69) is 15.5 Å². The summed E-state index contributed by atoms with van der Waals surface area (Å²) in [7, 11) is 0. The second kappa shape index (κ2) is 7.70. The molecule has 2 aromatic heterocycles. The van der Waals surface area contributed by atoms with E-state index in [0.29, 0.717) is 12.3 Å². The summed E-state index contributed by atoms with van der Waals surface area (Å²) in [5, 5.41) is 6.97. The average molecular weight is 358 g/mol. The van der Waals surface area contributed by atoms with Crippen molar-refractivity contribution in [3.05, 3.63) is 96.7 Å². The summed E-state index contributed by atoms with van der Waals surface area (Å²) >= 11 is 0. The van der Waals surface area contributed by atoms with Gasteiger partial charge in [-0.3, -0.25) is 4.79 Å². The normalized spacial score (nSPS) is 11.9. The largest absolute Gasteiger partial charge is 0.355 e. The van der Waals surface area contributed by atoms with Crippen LogP contribution in [0.5, 0.6) is 0 Å². The molecule has 4 aromatic rings. The van der Waals surface area contributed by atoms with Gasteiger partial charge in [0.2, 0.25) is 0 Å². The maximum absolute atomic E-state index is 12.7. The van der Waals surface area contributed by atoms with Crippen molar-refractivity contribution in [3.63, 3.8) is 0 Å². The van der Waals surface area contributed by atoms with Gasteiger partial charge in [-0.1, -0.05) is 65.8 Å². The monoisotopic (exact) mass is 358 g/mol. The summed E-state index contributed by atoms with van der Waals surface area (Å²) in [5.41, 5.74) is 2.13. The smallest absolute Gasteiger partial charge is 0.274 e. The molecule has 1 atom stereocenters. The molecule has 0 saturated carbocycles. The van der Waals surface area contributed by atoms with Gasteiger partial charge < -0.3 is 14.4 Å². The van der Waals surface area contributed by atoms with Crippen LogP contribution in [-0.2, 0) is 6.54 Å². The van der Waals surface area contributed by atoms with Crippen LogP contribution < -0.4 is 5.32 Å². The zero-order chi connectivity index (χ0) is 18.5. The number of benzene rings is 2. The Labute approximate surface area is 156 Å². The van der Waals surface area contributed by atoms with Crippen LogP contribution in [0, 0.1) is 0 Å². The Bertz CT molecular complexity index is 995. The predicted octanol–water partition coefficient (Wildman–Crippen LogP) is 3.71. The van der Waals surface area contributed by atoms with Crippen LogP contribution in [0.2, 0.25) is 0 Å². The Kier molecular flexibility index (Phi) is 4.78. The van der Waals surface area contributed by atoms with Crippen LogP contribution >= 0.6 is 0 Å². The first-order chi connectivity index (χ1) is 13.3. The molecular weight excluding hydrogens is 340 g/mol. The fourth-order valence-corrected chi connectivity index (χ4v) is 2.88. The summed E-state index contributed by atoms with van der Waals surface area (Å²) < 4.78 is 7.27. The van der Waals surface area contributed by atoms with E-state index in [9.17, 15) is 4.79 Å². The Morgan fingerprint density at radius 1 is 1.07 bits per heavy atom. The van der Waals surface area contributed by atoms with Crippen molar-refractivity contribution in [2.24, 2.45) is 0 Å². The topological polar surface area (TPSA) is 73.0 Å². The number of imidazole rings is 1. The molecule has 1 amide bonds. The molecule has 0 aliphatic carbocycles. The van der Waals surface area contributed by atoms with Crippen LogP contribution in [0.25, 0.3) is 11.3 Å². The fraction of sp³-hybridized carbons (Fsp3) is 0.0952. The van der Waals surface area contributed by atoms with Gasteiger partial charge in [0.25, 0.3) is 5.91 Å². The Hall–Kier alpha value is -3.67. The third kappa shape index (κ3) is 3.95. The molecule has 134 valence electrons. The third-order valence-corrected chi connectivity index (χ3v) is 4.26. The van der Waals surface area contributed by atoms with Crippen molar-refractivity contribution in [2.45, 2.75) is 12.6 Å². The average Bonchev–Trinajstić information content (AvgIpc) is 3.41. The number of hydrogen-bond donors (Lipinski definition) is 1. The first-order valence-corrected chi connectivity index (χ1v) is 8.63.